The van der Waals surface area contributed by atoms with E-state index in [1.54, 1.807) is 45.1 Å². The molecule has 0 saturated heterocycles. The van der Waals surface area contributed by atoms with E-state index in [1.807, 2.05) is 0 Å². The Bertz CT molecular complexity index is 459. The summed E-state index contributed by atoms with van der Waals surface area (Å²) in [6.45, 7) is 5.77. The van der Waals surface area contributed by atoms with Crippen LogP contribution in [0.2, 0.25) is 0 Å². The van der Waals surface area contributed by atoms with Crippen molar-refractivity contribution in [1.29, 1.82) is 0 Å². The first kappa shape index (κ1) is 14.9. The molecule has 0 spiro atoms. The molecular formula is C14H18N2O3. The van der Waals surface area contributed by atoms with E-state index in [-0.39, 0.29) is 0 Å². The van der Waals surface area contributed by atoms with Crippen LogP contribution in [0.25, 0.3) is 6.08 Å². The smallest absolute Gasteiger partial charge is 0.407 e. The van der Waals surface area contributed by atoms with E-state index in [4.69, 9.17) is 4.74 Å². The zero-order valence-corrected chi connectivity index (χ0v) is 11.3. The topological polar surface area (TPSA) is 68.3 Å². The van der Waals surface area contributed by atoms with Crippen molar-refractivity contribution in [3.63, 3.8) is 0 Å². The third-order valence-electron chi connectivity index (χ3n) is 2.00. The summed E-state index contributed by atoms with van der Waals surface area (Å²) in [6.07, 6.45) is 5.29. The minimum atomic E-state index is -0.500. The maximum absolute atomic E-state index is 11.3. The molecule has 5 heteroatoms. The van der Waals surface area contributed by atoms with Crippen LogP contribution in [0.15, 0.2) is 24.4 Å². The quantitative estimate of drug-likeness (QED) is 0.846. The lowest BCUT2D eigenvalue weighted by molar-refractivity contribution is 0.0534. The third kappa shape index (κ3) is 6.35. The number of hydrogen-bond acceptors (Lipinski definition) is 4. The van der Waals surface area contributed by atoms with E-state index >= 15 is 0 Å². The van der Waals surface area contributed by atoms with E-state index in [9.17, 15) is 9.59 Å². The molecule has 0 radical (unpaired) electrons. The zero-order valence-electron chi connectivity index (χ0n) is 11.3. The molecule has 0 aliphatic heterocycles. The number of alkyl carbamates (subject to hydrolysis) is 1. The molecule has 5 nitrogen and oxygen atoms in total. The molecule has 0 bridgehead atoms. The summed E-state index contributed by atoms with van der Waals surface area (Å²) in [7, 11) is 0. The maximum Gasteiger partial charge on any atom is 0.407 e. The van der Waals surface area contributed by atoms with Crippen LogP contribution in [0.4, 0.5) is 4.79 Å². The summed E-state index contributed by atoms with van der Waals surface area (Å²) in [5.74, 6) is 0. The van der Waals surface area contributed by atoms with Crippen LogP contribution >= 0.6 is 0 Å². The number of ether oxygens (including phenoxy) is 1. The number of nitrogens with one attached hydrogen (secondary N) is 1. The van der Waals surface area contributed by atoms with Gasteiger partial charge in [0.15, 0.2) is 6.29 Å². The lowest BCUT2D eigenvalue weighted by atomic mass is 10.2. The predicted molar refractivity (Wildman–Crippen MR) is 72.9 cm³/mol. The lowest BCUT2D eigenvalue weighted by Gasteiger charge is -2.19. The predicted octanol–water partition coefficient (Wildman–Crippen LogP) is 2.43. The largest absolute Gasteiger partial charge is 0.444 e. The highest BCUT2D eigenvalue weighted by atomic mass is 16.6. The van der Waals surface area contributed by atoms with Gasteiger partial charge < -0.3 is 10.1 Å². The first-order chi connectivity index (χ1) is 8.90. The van der Waals surface area contributed by atoms with Crippen molar-refractivity contribution in [3.05, 3.63) is 35.7 Å². The second-order valence-corrected chi connectivity index (χ2v) is 4.92. The van der Waals surface area contributed by atoms with E-state index < -0.39 is 11.7 Å². The van der Waals surface area contributed by atoms with Crippen molar-refractivity contribution in [2.75, 3.05) is 6.54 Å². The molecule has 102 valence electrons. The highest BCUT2D eigenvalue weighted by Crippen LogP contribution is 2.06. The van der Waals surface area contributed by atoms with E-state index in [2.05, 4.69) is 10.3 Å². The first-order valence-corrected chi connectivity index (χ1v) is 5.95. The normalized spacial score (nSPS) is 11.3. The Morgan fingerprint density at radius 1 is 1.42 bits per heavy atom. The summed E-state index contributed by atoms with van der Waals surface area (Å²) in [5.41, 5.74) is 0.751. The Hall–Kier alpha value is -2.17. The highest BCUT2D eigenvalue weighted by Gasteiger charge is 2.14. The van der Waals surface area contributed by atoms with Crippen LogP contribution < -0.4 is 5.32 Å². The van der Waals surface area contributed by atoms with Crippen LogP contribution in [-0.4, -0.2) is 29.5 Å². The van der Waals surface area contributed by atoms with Gasteiger partial charge in [-0.3, -0.25) is 9.78 Å². The van der Waals surface area contributed by atoms with E-state index in [0.717, 1.165) is 12.0 Å². The minimum Gasteiger partial charge on any atom is -0.444 e. The molecule has 1 heterocycles. The number of amides is 1. The van der Waals surface area contributed by atoms with Gasteiger partial charge in [0, 0.05) is 18.3 Å². The number of hydrogen-bond donors (Lipinski definition) is 1. The second-order valence-electron chi connectivity index (χ2n) is 4.92. The minimum absolute atomic E-state index is 0.353. The fourth-order valence-corrected chi connectivity index (χ4v) is 1.22. The van der Waals surface area contributed by atoms with Crippen molar-refractivity contribution in [2.24, 2.45) is 0 Å². The Kier molecular flexibility index (Phi) is 5.23. The molecular weight excluding hydrogens is 244 g/mol. The molecule has 0 fully saturated rings. The monoisotopic (exact) mass is 262 g/mol. The van der Waals surface area contributed by atoms with Gasteiger partial charge in [-0.2, -0.15) is 0 Å². The molecule has 1 aromatic heterocycles. The van der Waals surface area contributed by atoms with Gasteiger partial charge >= 0.3 is 6.09 Å². The number of aromatic nitrogens is 1. The Morgan fingerprint density at radius 2 is 2.16 bits per heavy atom. The van der Waals surface area contributed by atoms with Gasteiger partial charge in [-0.25, -0.2) is 4.79 Å². The lowest BCUT2D eigenvalue weighted by Crippen LogP contribution is -2.32. The Labute approximate surface area is 112 Å². The van der Waals surface area contributed by atoms with Crippen molar-refractivity contribution in [2.45, 2.75) is 26.4 Å². The Balaban J connectivity index is 2.37. The average Bonchev–Trinajstić information content (AvgIpc) is 2.33. The van der Waals surface area contributed by atoms with Crippen molar-refractivity contribution in [3.8, 4) is 0 Å². The van der Waals surface area contributed by atoms with E-state index in [0.29, 0.717) is 12.1 Å². The van der Waals surface area contributed by atoms with Gasteiger partial charge in [0.2, 0.25) is 0 Å². The highest BCUT2D eigenvalue weighted by molar-refractivity contribution is 5.74. The molecule has 0 atom stereocenters. The SMILES string of the molecule is CC(C)(C)OC(=O)NCC=Cc1ccc(C=O)cn1. The van der Waals surface area contributed by atoms with Gasteiger partial charge in [0.25, 0.3) is 0 Å². The average molecular weight is 262 g/mol. The number of rotatable bonds is 4. The molecule has 1 rings (SSSR count). The van der Waals surface area contributed by atoms with Gasteiger partial charge in [0.1, 0.15) is 5.60 Å². The van der Waals surface area contributed by atoms with Crippen molar-refractivity contribution >= 4 is 18.5 Å². The van der Waals surface area contributed by atoms with Gasteiger partial charge in [-0.1, -0.05) is 6.08 Å². The van der Waals surface area contributed by atoms with Crippen LogP contribution in [0.3, 0.4) is 0 Å². The standard InChI is InChI=1S/C14H18N2O3/c1-14(2,3)19-13(18)15-8-4-5-12-7-6-11(10-17)9-16-12/h4-7,9-10H,8H2,1-3H3,(H,15,18). The van der Waals surface area contributed by atoms with Gasteiger partial charge in [-0.15, -0.1) is 0 Å². The van der Waals surface area contributed by atoms with Crippen molar-refractivity contribution < 1.29 is 14.3 Å². The second kappa shape index (κ2) is 6.68. The summed E-state index contributed by atoms with van der Waals surface area (Å²) in [4.78, 5) is 25.8. The maximum atomic E-state index is 11.3. The van der Waals surface area contributed by atoms with Crippen LogP contribution in [0.1, 0.15) is 36.8 Å². The molecule has 1 aromatic rings. The number of aldehydes is 1. The van der Waals surface area contributed by atoms with Crippen molar-refractivity contribution in [1.82, 2.24) is 10.3 Å². The fourth-order valence-electron chi connectivity index (χ4n) is 1.22. The third-order valence-corrected chi connectivity index (χ3v) is 2.00. The summed E-state index contributed by atoms with van der Waals surface area (Å²) < 4.78 is 5.08. The van der Waals surface area contributed by atoms with Crippen LogP contribution in [0, 0.1) is 0 Å². The van der Waals surface area contributed by atoms with Crippen LogP contribution in [-0.2, 0) is 4.74 Å². The number of carbonyl (C=O) groups is 2. The number of carbonyl (C=O) groups excluding carboxylic acids is 2. The zero-order chi connectivity index (χ0) is 14.3. The molecule has 0 aliphatic carbocycles. The number of nitrogens with zero attached hydrogens (tertiary/aromatic N) is 1. The summed E-state index contributed by atoms with van der Waals surface area (Å²) in [5, 5.41) is 2.60. The van der Waals surface area contributed by atoms with Gasteiger partial charge in [-0.05, 0) is 39.0 Å². The van der Waals surface area contributed by atoms with Gasteiger partial charge in [0.05, 0.1) is 5.69 Å². The molecule has 0 aromatic carbocycles. The fraction of sp³-hybridized carbons (Fsp3) is 0.357. The summed E-state index contributed by atoms with van der Waals surface area (Å²) in [6, 6.07) is 3.41. The first-order valence-electron chi connectivity index (χ1n) is 5.95. The number of pyridine rings is 1. The molecule has 1 N–H and O–H groups in total. The van der Waals surface area contributed by atoms with E-state index in [1.165, 1.54) is 6.20 Å². The summed E-state index contributed by atoms with van der Waals surface area (Å²) >= 11 is 0. The Morgan fingerprint density at radius 3 is 2.68 bits per heavy atom. The molecule has 0 saturated carbocycles. The molecule has 0 unspecified atom stereocenters. The van der Waals surface area contributed by atoms with Crippen LogP contribution in [0.5, 0.6) is 0 Å². The molecule has 1 amide bonds. The molecule has 19 heavy (non-hydrogen) atoms. The molecule has 0 aliphatic rings.